The average Bonchev–Trinajstić information content (AvgIpc) is 3.10. The predicted molar refractivity (Wildman–Crippen MR) is 72.6 cm³/mol. The molecule has 1 saturated heterocycles. The molecule has 2 aliphatic rings. The molecule has 1 aromatic rings. The fraction of sp³-hybridized carbons (Fsp3) is 0.643. The van der Waals surface area contributed by atoms with Crippen LogP contribution in [0.25, 0.3) is 0 Å². The molecule has 3 rings (SSSR count). The average molecular weight is 276 g/mol. The highest BCUT2D eigenvalue weighted by Gasteiger charge is 2.42. The van der Waals surface area contributed by atoms with Crippen LogP contribution in [0.15, 0.2) is 12.3 Å². The van der Waals surface area contributed by atoms with E-state index in [2.05, 4.69) is 10.4 Å². The largest absolute Gasteiger partial charge is 0.300 e. The number of aryl methyl sites for hydroxylation is 1. The normalized spacial score (nSPS) is 24.1. The highest BCUT2D eigenvalue weighted by molar-refractivity contribution is 6.05. The van der Waals surface area contributed by atoms with Crippen LogP contribution in [-0.4, -0.2) is 38.6 Å². The van der Waals surface area contributed by atoms with Crippen LogP contribution in [0.4, 0.5) is 0 Å². The number of imide groups is 1. The second-order valence-electron chi connectivity index (χ2n) is 5.66. The van der Waals surface area contributed by atoms with Gasteiger partial charge in [-0.3, -0.25) is 24.5 Å². The highest BCUT2D eigenvalue weighted by atomic mass is 16.2. The second-order valence-corrected chi connectivity index (χ2v) is 5.66. The topological polar surface area (TPSA) is 67.2 Å². The first-order valence-corrected chi connectivity index (χ1v) is 7.23. The Morgan fingerprint density at radius 1 is 1.35 bits per heavy atom. The molecule has 2 heterocycles. The number of aromatic nitrogens is 2. The first-order chi connectivity index (χ1) is 9.65. The SMILES string of the molecule is Cn1ccc(CNC2CC(=O)N(C3CCCC3)C2=O)n1. The summed E-state index contributed by atoms with van der Waals surface area (Å²) in [5.41, 5.74) is 0.882. The summed E-state index contributed by atoms with van der Waals surface area (Å²) >= 11 is 0. The van der Waals surface area contributed by atoms with Gasteiger partial charge in [-0.2, -0.15) is 5.10 Å². The number of carbonyl (C=O) groups excluding carboxylic acids is 2. The van der Waals surface area contributed by atoms with Gasteiger partial charge in [-0.25, -0.2) is 0 Å². The van der Waals surface area contributed by atoms with E-state index in [1.54, 1.807) is 4.68 Å². The summed E-state index contributed by atoms with van der Waals surface area (Å²) < 4.78 is 1.73. The Hall–Kier alpha value is -1.69. The van der Waals surface area contributed by atoms with Gasteiger partial charge in [-0.05, 0) is 18.9 Å². The van der Waals surface area contributed by atoms with Gasteiger partial charge >= 0.3 is 0 Å². The predicted octanol–water partition coefficient (Wildman–Crippen LogP) is 0.580. The zero-order valence-corrected chi connectivity index (χ0v) is 11.7. The molecular weight excluding hydrogens is 256 g/mol. The standard InChI is InChI=1S/C14H20N4O2/c1-17-7-6-10(16-17)9-15-12-8-13(19)18(14(12)20)11-4-2-3-5-11/h6-7,11-12,15H,2-5,8-9H2,1H3. The molecule has 6 heteroatoms. The van der Waals surface area contributed by atoms with Crippen LogP contribution in [0.3, 0.4) is 0 Å². The molecule has 108 valence electrons. The minimum absolute atomic E-state index is 0.0274. The van der Waals surface area contributed by atoms with Gasteiger partial charge < -0.3 is 0 Å². The molecule has 0 spiro atoms. The van der Waals surface area contributed by atoms with Gasteiger partial charge in [0.2, 0.25) is 11.8 Å². The number of rotatable bonds is 4. The van der Waals surface area contributed by atoms with E-state index < -0.39 is 0 Å². The molecule has 1 saturated carbocycles. The van der Waals surface area contributed by atoms with Crippen LogP contribution in [0, 0.1) is 0 Å². The van der Waals surface area contributed by atoms with Gasteiger partial charge in [0, 0.05) is 25.8 Å². The summed E-state index contributed by atoms with van der Waals surface area (Å²) in [5.74, 6) is -0.0850. The maximum absolute atomic E-state index is 12.3. The second kappa shape index (κ2) is 5.36. The van der Waals surface area contributed by atoms with E-state index in [1.807, 2.05) is 19.3 Å². The lowest BCUT2D eigenvalue weighted by atomic mass is 10.2. The molecule has 1 aliphatic carbocycles. The monoisotopic (exact) mass is 276 g/mol. The molecule has 1 N–H and O–H groups in total. The van der Waals surface area contributed by atoms with Crippen molar-refractivity contribution in [1.82, 2.24) is 20.0 Å². The van der Waals surface area contributed by atoms with E-state index in [1.165, 1.54) is 4.90 Å². The maximum Gasteiger partial charge on any atom is 0.247 e. The van der Waals surface area contributed by atoms with Gasteiger partial charge in [0.15, 0.2) is 0 Å². The van der Waals surface area contributed by atoms with E-state index in [0.29, 0.717) is 6.54 Å². The maximum atomic E-state index is 12.3. The van der Waals surface area contributed by atoms with Crippen molar-refractivity contribution in [2.75, 3.05) is 0 Å². The van der Waals surface area contributed by atoms with Crippen LogP contribution in [0.2, 0.25) is 0 Å². The summed E-state index contributed by atoms with van der Waals surface area (Å²) in [6.45, 7) is 0.517. The lowest BCUT2D eigenvalue weighted by Crippen LogP contribution is -2.42. The van der Waals surface area contributed by atoms with E-state index in [-0.39, 0.29) is 30.3 Å². The summed E-state index contributed by atoms with van der Waals surface area (Å²) in [6.07, 6.45) is 6.31. The number of hydrogen-bond acceptors (Lipinski definition) is 4. The fourth-order valence-corrected chi connectivity index (χ4v) is 3.14. The lowest BCUT2D eigenvalue weighted by molar-refractivity contribution is -0.141. The molecule has 1 atom stereocenters. The Morgan fingerprint density at radius 3 is 2.75 bits per heavy atom. The van der Waals surface area contributed by atoms with Gasteiger partial charge in [-0.15, -0.1) is 0 Å². The number of nitrogens with one attached hydrogen (secondary N) is 1. The zero-order chi connectivity index (χ0) is 14.1. The van der Waals surface area contributed by atoms with Crippen LogP contribution in [-0.2, 0) is 23.2 Å². The highest BCUT2D eigenvalue weighted by Crippen LogP contribution is 2.28. The number of likely N-dealkylation sites (tertiary alicyclic amines) is 1. The first-order valence-electron chi connectivity index (χ1n) is 7.23. The van der Waals surface area contributed by atoms with Crippen LogP contribution in [0.5, 0.6) is 0 Å². The minimum Gasteiger partial charge on any atom is -0.300 e. The molecule has 20 heavy (non-hydrogen) atoms. The van der Waals surface area contributed by atoms with E-state index in [9.17, 15) is 9.59 Å². The van der Waals surface area contributed by atoms with Gasteiger partial charge in [0.05, 0.1) is 18.2 Å². The Balaban J connectivity index is 1.60. The van der Waals surface area contributed by atoms with E-state index in [0.717, 1.165) is 31.4 Å². The van der Waals surface area contributed by atoms with Crippen molar-refractivity contribution in [2.45, 2.75) is 50.7 Å². The lowest BCUT2D eigenvalue weighted by Gasteiger charge is -2.22. The van der Waals surface area contributed by atoms with Crippen molar-refractivity contribution >= 4 is 11.8 Å². The molecule has 1 unspecified atom stereocenters. The molecule has 1 aliphatic heterocycles. The van der Waals surface area contributed by atoms with Gasteiger partial charge in [0.25, 0.3) is 0 Å². The quantitative estimate of drug-likeness (QED) is 0.817. The molecule has 1 aromatic heterocycles. The Labute approximate surface area is 118 Å². The summed E-state index contributed by atoms with van der Waals surface area (Å²) in [7, 11) is 1.86. The molecular formula is C14H20N4O2. The van der Waals surface area contributed by atoms with Crippen molar-refractivity contribution in [1.29, 1.82) is 0 Å². The molecule has 0 aromatic carbocycles. The third-order valence-electron chi connectivity index (χ3n) is 4.17. The van der Waals surface area contributed by atoms with Gasteiger partial charge in [0.1, 0.15) is 0 Å². The van der Waals surface area contributed by atoms with Crippen molar-refractivity contribution < 1.29 is 9.59 Å². The zero-order valence-electron chi connectivity index (χ0n) is 11.7. The fourth-order valence-electron chi connectivity index (χ4n) is 3.14. The first kappa shape index (κ1) is 13.3. The number of hydrogen-bond donors (Lipinski definition) is 1. The smallest absolute Gasteiger partial charge is 0.247 e. The summed E-state index contributed by atoms with van der Waals surface area (Å²) in [4.78, 5) is 25.9. The van der Waals surface area contributed by atoms with E-state index in [4.69, 9.17) is 0 Å². The van der Waals surface area contributed by atoms with Gasteiger partial charge in [-0.1, -0.05) is 12.8 Å². The van der Waals surface area contributed by atoms with Crippen molar-refractivity contribution in [2.24, 2.45) is 7.05 Å². The number of nitrogens with zero attached hydrogens (tertiary/aromatic N) is 3. The molecule has 2 fully saturated rings. The van der Waals surface area contributed by atoms with Crippen LogP contribution < -0.4 is 5.32 Å². The summed E-state index contributed by atoms with van der Waals surface area (Å²) in [6, 6.07) is 1.66. The van der Waals surface area contributed by atoms with Crippen molar-refractivity contribution in [3.05, 3.63) is 18.0 Å². The van der Waals surface area contributed by atoms with Crippen molar-refractivity contribution in [3.63, 3.8) is 0 Å². The molecule has 0 bridgehead atoms. The summed E-state index contributed by atoms with van der Waals surface area (Å²) in [5, 5.41) is 7.41. The van der Waals surface area contributed by atoms with Crippen molar-refractivity contribution in [3.8, 4) is 0 Å². The number of amides is 2. The third-order valence-corrected chi connectivity index (χ3v) is 4.17. The Bertz CT molecular complexity index is 519. The third kappa shape index (κ3) is 2.47. The van der Waals surface area contributed by atoms with Crippen LogP contribution >= 0.6 is 0 Å². The molecule has 0 radical (unpaired) electrons. The Morgan fingerprint density at radius 2 is 2.10 bits per heavy atom. The van der Waals surface area contributed by atoms with E-state index >= 15 is 0 Å². The number of carbonyl (C=O) groups is 2. The molecule has 6 nitrogen and oxygen atoms in total. The minimum atomic E-state index is -0.384. The Kier molecular flexibility index (Phi) is 3.56. The van der Waals surface area contributed by atoms with Crippen LogP contribution in [0.1, 0.15) is 37.8 Å². The molecule has 2 amide bonds.